The Morgan fingerprint density at radius 1 is 0.327 bits per heavy atom. The molecule has 2 aliphatic rings. The second-order valence-corrected chi connectivity index (χ2v) is 24.8. The first-order valence-corrected chi connectivity index (χ1v) is 33.0. The summed E-state index contributed by atoms with van der Waals surface area (Å²) in [5.74, 6) is 0.722. The molecule has 18 rings (SSSR count). The number of benzene rings is 13. The van der Waals surface area contributed by atoms with E-state index in [9.17, 15) is 4.79 Å². The molecule has 0 bridgehead atoms. The Balaban J connectivity index is 0.820. The summed E-state index contributed by atoms with van der Waals surface area (Å²) < 4.78 is 8.19. The van der Waals surface area contributed by atoms with Crippen LogP contribution in [0.1, 0.15) is 15.9 Å². The van der Waals surface area contributed by atoms with Crippen LogP contribution in [0.2, 0.25) is 0 Å². The third-order valence-corrected chi connectivity index (χ3v) is 18.9. The highest BCUT2D eigenvalue weighted by atomic mass is 16.5. The number of aromatic nitrogens is 5. The van der Waals surface area contributed by atoms with Crippen molar-refractivity contribution < 1.29 is 9.53 Å². The minimum absolute atomic E-state index is 0.00381. The van der Waals surface area contributed by atoms with Crippen LogP contribution in [-0.2, 0) is 11.3 Å². The van der Waals surface area contributed by atoms with Gasteiger partial charge in [-0.25, -0.2) is 24.7 Å². The van der Waals surface area contributed by atoms with Crippen LogP contribution in [0.5, 0.6) is 0 Å². The van der Waals surface area contributed by atoms with Crippen LogP contribution in [0.3, 0.4) is 0 Å². The molecule has 0 saturated heterocycles. The highest BCUT2D eigenvalue weighted by Gasteiger charge is 2.43. The SMILES string of the molecule is O=C(OCc1ccccc1)c1ccc2c(c1)c1ccccc1n2-c1ccc(-c2nc(-c3ccccc3)cc(-c3ccccc3)n2)cc1-c1cc(-c2ccccc2)nc(-c2ccc(-c3cc4c5c(c3)N(c3ccccc3)c3ccccc3B5c3ccccc3N4c3ccccc3)cc2)n1. The fourth-order valence-electron chi connectivity index (χ4n) is 14.4. The Bertz CT molecular complexity index is 5550. The van der Waals surface area contributed by atoms with E-state index in [2.05, 4.69) is 245 Å². The van der Waals surface area contributed by atoms with E-state index in [0.717, 1.165) is 129 Å². The number of fused-ring (bicyclic) bond motifs is 7. The van der Waals surface area contributed by atoms with E-state index in [1.165, 1.54) is 16.4 Å². The molecular formula is C88H58BN7O2. The molecule has 0 radical (unpaired) electrons. The smallest absolute Gasteiger partial charge is 0.338 e. The Labute approximate surface area is 567 Å². The summed E-state index contributed by atoms with van der Waals surface area (Å²) in [7, 11) is 0. The van der Waals surface area contributed by atoms with Crippen molar-refractivity contribution in [3.8, 4) is 84.6 Å². The second-order valence-electron chi connectivity index (χ2n) is 24.8. The lowest BCUT2D eigenvalue weighted by Gasteiger charge is -2.44. The lowest BCUT2D eigenvalue weighted by Crippen LogP contribution is -2.61. The molecule has 460 valence electrons. The van der Waals surface area contributed by atoms with Gasteiger partial charge in [-0.15, -0.1) is 0 Å². The molecule has 2 aliphatic heterocycles. The van der Waals surface area contributed by atoms with Crippen molar-refractivity contribution in [1.82, 2.24) is 24.5 Å². The van der Waals surface area contributed by atoms with Crippen molar-refractivity contribution in [2.24, 2.45) is 0 Å². The van der Waals surface area contributed by atoms with Gasteiger partial charge in [-0.3, -0.25) is 0 Å². The average Bonchev–Trinajstić information content (AvgIpc) is 1.03. The average molecular weight is 1260 g/mol. The molecule has 0 unspecified atom stereocenters. The van der Waals surface area contributed by atoms with Gasteiger partial charge in [-0.05, 0) is 136 Å². The molecule has 0 aliphatic carbocycles. The van der Waals surface area contributed by atoms with Gasteiger partial charge in [-0.1, -0.05) is 237 Å². The summed E-state index contributed by atoms with van der Waals surface area (Å²) in [6, 6.07) is 118. The zero-order valence-corrected chi connectivity index (χ0v) is 53.1. The molecule has 0 N–H and O–H groups in total. The highest BCUT2D eigenvalue weighted by molar-refractivity contribution is 7.00. The molecule has 16 aromatic rings. The number of hydrogen-bond donors (Lipinski definition) is 0. The first-order valence-electron chi connectivity index (χ1n) is 33.0. The van der Waals surface area contributed by atoms with E-state index in [0.29, 0.717) is 22.9 Å². The zero-order valence-electron chi connectivity index (χ0n) is 53.1. The maximum Gasteiger partial charge on any atom is 0.338 e. The Kier molecular flexibility index (Phi) is 14.3. The standard InChI is InChI=1S/C88H58BN7O2/c97-88(98-57-58-25-7-1-8-26-58)65-48-50-79-70(52-65)69-37-19-22-40-78(69)96(79)80-49-47-64(87-91-74(60-27-9-2-10-28-60)55-75(92-87)61-29-11-3-12-30-61)51-71(80)77-56-76(62-31-13-4-14-32-62)90-86(93-77)63-45-43-59(44-46-63)66-53-83-85-84(54-66)95(68-35-17-6-18-36-68)82-42-24-21-39-73(82)89(85)72-38-20-23-41-81(72)94(83)67-33-15-5-16-34-67/h1-56H,57H2. The quantitative estimate of drug-likeness (QED) is 0.0833. The lowest BCUT2D eigenvalue weighted by molar-refractivity contribution is 0.0473. The Morgan fingerprint density at radius 3 is 1.35 bits per heavy atom. The maximum atomic E-state index is 13.9. The lowest BCUT2D eigenvalue weighted by atomic mass is 9.33. The molecule has 0 fully saturated rings. The van der Waals surface area contributed by atoms with E-state index in [1.807, 2.05) is 109 Å². The van der Waals surface area contributed by atoms with Crippen LogP contribution in [0.4, 0.5) is 34.1 Å². The minimum atomic E-state index is -0.396. The number of carbonyl (C=O) groups is 1. The van der Waals surface area contributed by atoms with Gasteiger partial charge >= 0.3 is 5.97 Å². The number of rotatable bonds is 13. The molecule has 9 nitrogen and oxygen atoms in total. The van der Waals surface area contributed by atoms with E-state index in [1.54, 1.807) is 0 Å². The summed E-state index contributed by atoms with van der Waals surface area (Å²) in [5, 5.41) is 1.89. The van der Waals surface area contributed by atoms with Gasteiger partial charge in [0.2, 0.25) is 0 Å². The first-order chi connectivity index (χ1) is 48.5. The maximum absolute atomic E-state index is 13.9. The van der Waals surface area contributed by atoms with Crippen LogP contribution < -0.4 is 26.2 Å². The molecule has 5 heterocycles. The third kappa shape index (κ3) is 10.3. The van der Waals surface area contributed by atoms with Crippen molar-refractivity contribution in [3.05, 3.63) is 351 Å². The summed E-state index contributed by atoms with van der Waals surface area (Å²) >= 11 is 0. The van der Waals surface area contributed by atoms with E-state index in [-0.39, 0.29) is 13.3 Å². The van der Waals surface area contributed by atoms with E-state index >= 15 is 0 Å². The number of hydrogen-bond acceptors (Lipinski definition) is 8. The topological polar surface area (TPSA) is 89.3 Å². The van der Waals surface area contributed by atoms with Gasteiger partial charge in [0.05, 0.1) is 45.1 Å². The van der Waals surface area contributed by atoms with Crippen molar-refractivity contribution >= 4 is 85.0 Å². The Hall–Kier alpha value is -13.0. The molecule has 3 aromatic heterocycles. The van der Waals surface area contributed by atoms with Crippen molar-refractivity contribution in [2.45, 2.75) is 6.61 Å². The molecule has 98 heavy (non-hydrogen) atoms. The number of ether oxygens (including phenoxy) is 1. The van der Waals surface area contributed by atoms with Gasteiger partial charge in [0, 0.05) is 78.3 Å². The van der Waals surface area contributed by atoms with Crippen LogP contribution >= 0.6 is 0 Å². The monoisotopic (exact) mass is 1260 g/mol. The largest absolute Gasteiger partial charge is 0.457 e. The number of para-hydroxylation sites is 5. The Morgan fingerprint density at radius 2 is 0.776 bits per heavy atom. The van der Waals surface area contributed by atoms with Crippen LogP contribution in [0.15, 0.2) is 340 Å². The van der Waals surface area contributed by atoms with Crippen molar-refractivity contribution in [2.75, 3.05) is 9.80 Å². The van der Waals surface area contributed by atoms with Gasteiger partial charge in [0.25, 0.3) is 6.71 Å². The summed E-state index contributed by atoms with van der Waals surface area (Å²) in [4.78, 5) is 40.7. The van der Waals surface area contributed by atoms with Crippen LogP contribution in [-0.4, -0.2) is 37.2 Å². The van der Waals surface area contributed by atoms with E-state index in [4.69, 9.17) is 24.7 Å². The summed E-state index contributed by atoms with van der Waals surface area (Å²) in [6.45, 7) is 0.162. The molecular weight excluding hydrogens is 1200 g/mol. The molecule has 0 amide bonds. The summed E-state index contributed by atoms with van der Waals surface area (Å²) in [6.07, 6.45) is 0. The predicted octanol–water partition coefficient (Wildman–Crippen LogP) is 19.5. The molecule has 10 heteroatoms. The number of nitrogens with zero attached hydrogens (tertiary/aromatic N) is 7. The molecule has 0 atom stereocenters. The number of esters is 1. The van der Waals surface area contributed by atoms with Crippen molar-refractivity contribution in [3.63, 3.8) is 0 Å². The molecule has 13 aromatic carbocycles. The molecule has 0 saturated carbocycles. The highest BCUT2D eigenvalue weighted by Crippen LogP contribution is 2.47. The van der Waals surface area contributed by atoms with Gasteiger partial charge < -0.3 is 19.1 Å². The number of carbonyl (C=O) groups excluding carboxylic acids is 1. The molecule has 0 spiro atoms. The van der Waals surface area contributed by atoms with Gasteiger partial charge in [0.15, 0.2) is 11.6 Å². The number of anilines is 6. The zero-order chi connectivity index (χ0) is 65.0. The minimum Gasteiger partial charge on any atom is -0.457 e. The fraction of sp³-hybridized carbons (Fsp3) is 0.0114. The van der Waals surface area contributed by atoms with E-state index < -0.39 is 5.97 Å². The third-order valence-electron chi connectivity index (χ3n) is 18.9. The first kappa shape index (κ1) is 57.6. The second kappa shape index (κ2) is 24.4. The van der Waals surface area contributed by atoms with Crippen LogP contribution in [0.25, 0.3) is 106 Å². The summed E-state index contributed by atoms with van der Waals surface area (Å²) in [5.41, 5.74) is 25.2. The predicted molar refractivity (Wildman–Crippen MR) is 400 cm³/mol. The van der Waals surface area contributed by atoms with Crippen LogP contribution in [0, 0.1) is 0 Å². The van der Waals surface area contributed by atoms with Gasteiger partial charge in [-0.2, -0.15) is 0 Å². The van der Waals surface area contributed by atoms with Gasteiger partial charge in [0.1, 0.15) is 6.61 Å². The van der Waals surface area contributed by atoms with Crippen molar-refractivity contribution in [1.29, 1.82) is 0 Å². The fourth-order valence-corrected chi connectivity index (χ4v) is 14.4. The normalized spacial score (nSPS) is 12.1.